The quantitative estimate of drug-likeness (QED) is 0.213. The van der Waals surface area contributed by atoms with E-state index >= 15 is 0 Å². The molecule has 0 radical (unpaired) electrons. The smallest absolute Gasteiger partial charge is 0.260 e. The summed E-state index contributed by atoms with van der Waals surface area (Å²) in [5.41, 5.74) is 2.38. The van der Waals surface area contributed by atoms with Crippen molar-refractivity contribution in [3.63, 3.8) is 0 Å². The van der Waals surface area contributed by atoms with Crippen LogP contribution in [0.3, 0.4) is 0 Å². The molecule has 3 rings (SSSR count). The number of hydrogen-bond donors (Lipinski definition) is 5. The number of carbonyl (C=O) groups is 1. The number of ether oxygens (including phenoxy) is 1. The minimum atomic E-state index is -3.57. The number of aliphatic hydroxyl groups excluding tert-OH is 1. The van der Waals surface area contributed by atoms with Gasteiger partial charge in [0.05, 0.1) is 23.6 Å². The number of aromatic nitrogens is 1. The number of benzene rings is 2. The minimum absolute atomic E-state index is 0.00759. The molecular formula is C26H36N4O6S. The first-order valence-electron chi connectivity index (χ1n) is 12.2. The van der Waals surface area contributed by atoms with Gasteiger partial charge in [0.25, 0.3) is 5.91 Å². The number of aromatic amines is 1. The summed E-state index contributed by atoms with van der Waals surface area (Å²) in [5.74, 6) is 0.340. The molecule has 10 nitrogen and oxygen atoms in total. The van der Waals surface area contributed by atoms with Crippen molar-refractivity contribution < 1.29 is 28.2 Å². The first-order valence-corrected chi connectivity index (χ1v) is 14.1. The number of likely N-dealkylation sites (N-methyl/N-ethyl adjacent to an activating group) is 1. The molecule has 0 unspecified atom stereocenters. The molecule has 0 aliphatic rings. The monoisotopic (exact) mass is 532 g/mol. The molecule has 2 atom stereocenters. The number of anilines is 1. The topological polar surface area (TPSA) is 144 Å². The lowest BCUT2D eigenvalue weighted by Gasteiger charge is -2.19. The number of H-pyrrole nitrogens is 1. The van der Waals surface area contributed by atoms with Crippen molar-refractivity contribution in [1.29, 1.82) is 0 Å². The third-order valence-electron chi connectivity index (χ3n) is 6.12. The molecule has 0 spiro atoms. The molecule has 3 aromatic rings. The van der Waals surface area contributed by atoms with Crippen molar-refractivity contribution in [2.24, 2.45) is 0 Å². The number of hydrogen-bond acceptors (Lipinski definition) is 7. The summed E-state index contributed by atoms with van der Waals surface area (Å²) in [6.07, 6.45) is 2.67. The van der Waals surface area contributed by atoms with Gasteiger partial charge < -0.3 is 30.2 Å². The second-order valence-electron chi connectivity index (χ2n) is 9.03. The molecule has 0 aliphatic heterocycles. The van der Waals surface area contributed by atoms with Crippen LogP contribution in [0.5, 0.6) is 11.5 Å². The molecule has 0 aliphatic carbocycles. The van der Waals surface area contributed by atoms with Crippen LogP contribution in [0.1, 0.15) is 38.0 Å². The van der Waals surface area contributed by atoms with Gasteiger partial charge in [0.2, 0.25) is 10.0 Å². The number of para-hydroxylation sites is 1. The van der Waals surface area contributed by atoms with Crippen LogP contribution in [0, 0.1) is 0 Å². The molecule has 0 fully saturated rings. The van der Waals surface area contributed by atoms with Crippen LogP contribution in [0.15, 0.2) is 42.6 Å². The average molecular weight is 533 g/mol. The number of amides is 1. The van der Waals surface area contributed by atoms with Gasteiger partial charge in [-0.1, -0.05) is 18.2 Å². The number of phenols is 1. The number of fused-ring (bicyclic) bond motifs is 1. The fourth-order valence-electron chi connectivity index (χ4n) is 4.16. The predicted molar refractivity (Wildman–Crippen MR) is 144 cm³/mol. The maximum Gasteiger partial charge on any atom is 0.260 e. The number of phenolic OH excluding ortho intramolecular Hbond substituents is 1. The Morgan fingerprint density at radius 3 is 2.59 bits per heavy atom. The highest BCUT2D eigenvalue weighted by molar-refractivity contribution is 7.92. The van der Waals surface area contributed by atoms with Gasteiger partial charge in [-0.2, -0.15) is 0 Å². The number of sulfonamides is 1. The second-order valence-corrected chi connectivity index (χ2v) is 10.8. The van der Waals surface area contributed by atoms with E-state index in [1.165, 1.54) is 12.1 Å². The number of rotatable bonds is 13. The molecule has 37 heavy (non-hydrogen) atoms. The van der Waals surface area contributed by atoms with Crippen molar-refractivity contribution in [3.8, 4) is 11.5 Å². The Balaban J connectivity index is 1.61. The Morgan fingerprint density at radius 1 is 1.19 bits per heavy atom. The lowest BCUT2D eigenvalue weighted by atomic mass is 10.0. The van der Waals surface area contributed by atoms with Crippen molar-refractivity contribution in [3.05, 3.63) is 53.7 Å². The summed E-state index contributed by atoms with van der Waals surface area (Å²) < 4.78 is 31.1. The van der Waals surface area contributed by atoms with Crippen LogP contribution in [-0.2, 0) is 21.2 Å². The number of nitrogens with one attached hydrogen (secondary N) is 3. The zero-order valence-electron chi connectivity index (χ0n) is 21.6. The Bertz CT molecular complexity index is 1320. The SMILES string of the molecule is CCN(CC)C(=O)COc1cccc2c(C[C@@H](C)NC[C@H](O)c3ccc(O)c(NS(C)(=O)=O)c3)c[nH]c12. The van der Waals surface area contributed by atoms with E-state index in [1.54, 1.807) is 11.0 Å². The van der Waals surface area contributed by atoms with E-state index in [2.05, 4.69) is 15.0 Å². The van der Waals surface area contributed by atoms with Crippen molar-refractivity contribution >= 4 is 32.5 Å². The van der Waals surface area contributed by atoms with Gasteiger partial charge in [0.1, 0.15) is 11.5 Å². The Labute approximate surface area is 217 Å². The van der Waals surface area contributed by atoms with Gasteiger partial charge in [-0.05, 0) is 56.5 Å². The Morgan fingerprint density at radius 2 is 1.92 bits per heavy atom. The maximum atomic E-state index is 12.3. The maximum absolute atomic E-state index is 12.3. The van der Waals surface area contributed by atoms with Crippen LogP contribution < -0.4 is 14.8 Å². The van der Waals surface area contributed by atoms with E-state index in [0.717, 1.165) is 22.7 Å². The van der Waals surface area contributed by atoms with Crippen molar-refractivity contribution in [2.75, 3.05) is 37.2 Å². The highest BCUT2D eigenvalue weighted by Gasteiger charge is 2.17. The number of aliphatic hydroxyl groups is 1. The molecule has 1 aromatic heterocycles. The summed E-state index contributed by atoms with van der Waals surface area (Å²) in [5, 5.41) is 24.8. The fourth-order valence-corrected chi connectivity index (χ4v) is 4.72. The molecule has 11 heteroatoms. The van der Waals surface area contributed by atoms with E-state index in [4.69, 9.17) is 4.74 Å². The zero-order chi connectivity index (χ0) is 27.2. The van der Waals surface area contributed by atoms with Crippen molar-refractivity contribution in [1.82, 2.24) is 15.2 Å². The summed E-state index contributed by atoms with van der Waals surface area (Å²) in [4.78, 5) is 17.3. The van der Waals surface area contributed by atoms with Gasteiger partial charge in [-0.15, -0.1) is 0 Å². The Kier molecular flexibility index (Phi) is 9.41. The van der Waals surface area contributed by atoms with Gasteiger partial charge in [-0.3, -0.25) is 9.52 Å². The summed E-state index contributed by atoms with van der Waals surface area (Å²) in [6.45, 7) is 7.36. The van der Waals surface area contributed by atoms with Gasteiger partial charge >= 0.3 is 0 Å². The van der Waals surface area contributed by atoms with Crippen LogP contribution in [0.4, 0.5) is 5.69 Å². The summed E-state index contributed by atoms with van der Waals surface area (Å²) >= 11 is 0. The van der Waals surface area contributed by atoms with E-state index < -0.39 is 16.1 Å². The molecule has 5 N–H and O–H groups in total. The largest absolute Gasteiger partial charge is 0.506 e. The second kappa shape index (κ2) is 12.3. The normalized spacial score (nSPS) is 13.3. The van der Waals surface area contributed by atoms with E-state index in [9.17, 15) is 23.4 Å². The summed E-state index contributed by atoms with van der Waals surface area (Å²) in [7, 11) is -3.57. The minimum Gasteiger partial charge on any atom is -0.506 e. The third-order valence-corrected chi connectivity index (χ3v) is 6.71. The fraction of sp³-hybridized carbons (Fsp3) is 0.423. The number of aromatic hydroxyl groups is 1. The van der Waals surface area contributed by atoms with E-state index in [1.807, 2.05) is 45.2 Å². The first kappa shape index (κ1) is 28.3. The molecule has 0 saturated heterocycles. The van der Waals surface area contributed by atoms with Gasteiger partial charge in [0.15, 0.2) is 6.61 Å². The molecule has 0 saturated carbocycles. The van der Waals surface area contributed by atoms with Gasteiger partial charge in [-0.25, -0.2) is 8.42 Å². The van der Waals surface area contributed by atoms with Crippen LogP contribution in [-0.4, -0.2) is 73.0 Å². The predicted octanol–water partition coefficient (Wildman–Crippen LogP) is 2.75. The van der Waals surface area contributed by atoms with E-state index in [0.29, 0.717) is 30.8 Å². The van der Waals surface area contributed by atoms with Crippen LogP contribution in [0.25, 0.3) is 10.9 Å². The lowest BCUT2D eigenvalue weighted by molar-refractivity contribution is -0.132. The van der Waals surface area contributed by atoms with Crippen molar-refractivity contribution in [2.45, 2.75) is 39.3 Å². The van der Waals surface area contributed by atoms with E-state index in [-0.39, 0.29) is 36.5 Å². The Hall–Kier alpha value is -3.28. The molecule has 2 aromatic carbocycles. The molecule has 0 bridgehead atoms. The molecule has 1 amide bonds. The highest BCUT2D eigenvalue weighted by atomic mass is 32.2. The lowest BCUT2D eigenvalue weighted by Crippen LogP contribution is -2.34. The highest BCUT2D eigenvalue weighted by Crippen LogP contribution is 2.29. The molecule has 202 valence electrons. The third kappa shape index (κ3) is 7.61. The average Bonchev–Trinajstić information content (AvgIpc) is 3.25. The van der Waals surface area contributed by atoms with Crippen LogP contribution >= 0.6 is 0 Å². The number of nitrogens with zero attached hydrogens (tertiary/aromatic N) is 1. The first-order chi connectivity index (χ1) is 17.5. The molecule has 1 heterocycles. The molecular weight excluding hydrogens is 496 g/mol. The summed E-state index contributed by atoms with van der Waals surface area (Å²) in [6, 6.07) is 10.0. The van der Waals surface area contributed by atoms with Gasteiger partial charge in [0, 0.05) is 37.3 Å². The number of carbonyl (C=O) groups excluding carboxylic acids is 1. The zero-order valence-corrected chi connectivity index (χ0v) is 22.4. The van der Waals surface area contributed by atoms with Crippen LogP contribution in [0.2, 0.25) is 0 Å². The standard InChI is InChI=1S/C26H36N4O6S/c1-5-30(6-2)25(33)16-36-24-9-7-8-20-19(14-28-26(20)24)12-17(3)27-15-23(32)18-10-11-22(31)21(13-18)29-37(4,34)35/h7-11,13-14,17,23,27-29,31-32H,5-6,12,15-16H2,1-4H3/t17-,23+/m1/s1.